The number of nitrogens with one attached hydrogen (secondary N) is 2. The van der Waals surface area contributed by atoms with Gasteiger partial charge in [-0.2, -0.15) is 0 Å². The second-order valence-electron chi connectivity index (χ2n) is 5.61. The van der Waals surface area contributed by atoms with Gasteiger partial charge in [-0.05, 0) is 0 Å². The van der Waals surface area contributed by atoms with Gasteiger partial charge < -0.3 is 0 Å². The fraction of sp³-hybridized carbons (Fsp3) is 0.833. The number of piperazine rings is 2. The molecule has 0 aliphatic carbocycles. The van der Waals surface area contributed by atoms with Gasteiger partial charge in [-0.1, -0.05) is 0 Å². The molecule has 6 nitrogen and oxygen atoms in total. The molecule has 0 aromatic carbocycles. The minimum atomic E-state index is 0.257. The zero-order chi connectivity index (χ0) is 16.7. The van der Waals surface area contributed by atoms with E-state index < -0.39 is 0 Å². The standard InChI is InChI=1S/C12H24N6S4Se/c1-15-3-7-17(8-4-15)13-11(19)21-23-22-12(20)14-18-9-5-16(2)6-10-18/h3-10H2,1-2H3,(H,13,19)(H,14,20). The molecule has 2 heterocycles. The molecule has 0 aromatic rings. The number of hydrogen-bond donors (Lipinski definition) is 2. The second-order valence-corrected chi connectivity index (χ2v) is 13.3. The SMILES string of the molecule is CN1CCN(NC(=S)S[Se]SC(=S)NN2CCN(C)CC2)CC1. The molecular formula is C12H24N6S4Se. The number of hydrogen-bond acceptors (Lipinski definition) is 8. The van der Waals surface area contributed by atoms with Crippen LogP contribution in [0.25, 0.3) is 0 Å². The Labute approximate surface area is 162 Å². The van der Waals surface area contributed by atoms with E-state index in [0.29, 0.717) is 0 Å². The third-order valence-corrected chi connectivity index (χ3v) is 11.5. The predicted octanol–water partition coefficient (Wildman–Crippen LogP) is 0.0608. The summed E-state index contributed by atoms with van der Waals surface area (Å²) in [6.07, 6.45) is 0. The number of nitrogens with zero attached hydrogens (tertiary/aromatic N) is 4. The zero-order valence-corrected chi connectivity index (χ0v) is 18.5. The molecule has 132 valence electrons. The molecule has 0 aromatic heterocycles. The van der Waals surface area contributed by atoms with E-state index in [1.807, 2.05) is 0 Å². The summed E-state index contributed by atoms with van der Waals surface area (Å²) >= 11 is 11.1. The topological polar surface area (TPSA) is 37.0 Å². The molecule has 2 aliphatic rings. The van der Waals surface area contributed by atoms with Gasteiger partial charge in [0, 0.05) is 0 Å². The Balaban J connectivity index is 1.53. The average molecular weight is 460 g/mol. The summed E-state index contributed by atoms with van der Waals surface area (Å²) in [5.41, 5.74) is 6.65. The van der Waals surface area contributed by atoms with Crippen LogP contribution in [0.5, 0.6) is 0 Å². The monoisotopic (exact) mass is 460 g/mol. The average Bonchev–Trinajstić information content (AvgIpc) is 2.52. The van der Waals surface area contributed by atoms with E-state index in [1.54, 1.807) is 20.4 Å². The molecule has 11 heteroatoms. The van der Waals surface area contributed by atoms with Crippen molar-refractivity contribution in [3.05, 3.63) is 0 Å². The second kappa shape index (κ2) is 10.7. The number of thiocarbonyl (C=S) groups is 2. The van der Waals surface area contributed by atoms with Gasteiger partial charge in [0.05, 0.1) is 0 Å². The fourth-order valence-electron chi connectivity index (χ4n) is 2.21. The van der Waals surface area contributed by atoms with E-state index in [2.05, 4.69) is 44.8 Å². The summed E-state index contributed by atoms with van der Waals surface area (Å²) in [5, 5.41) is 4.41. The van der Waals surface area contributed by atoms with Crippen molar-refractivity contribution in [3.8, 4) is 0 Å². The van der Waals surface area contributed by atoms with E-state index in [1.165, 1.54) is 0 Å². The Kier molecular flexibility index (Phi) is 9.42. The van der Waals surface area contributed by atoms with Crippen LogP contribution in [0.2, 0.25) is 0 Å². The van der Waals surface area contributed by atoms with E-state index >= 15 is 0 Å². The summed E-state index contributed by atoms with van der Waals surface area (Å²) < 4.78 is 1.70. The van der Waals surface area contributed by atoms with Crippen LogP contribution in [-0.2, 0) is 0 Å². The number of likely N-dealkylation sites (N-methyl/N-ethyl adjacent to an activating group) is 2. The van der Waals surface area contributed by atoms with Gasteiger partial charge in [0.2, 0.25) is 0 Å². The van der Waals surface area contributed by atoms with Crippen molar-refractivity contribution in [3.63, 3.8) is 0 Å². The number of hydrazine groups is 2. The van der Waals surface area contributed by atoms with Crippen LogP contribution in [0.4, 0.5) is 0 Å². The van der Waals surface area contributed by atoms with Gasteiger partial charge in [-0.3, -0.25) is 0 Å². The first-order chi connectivity index (χ1) is 11.0. The molecule has 0 unspecified atom stereocenters. The third kappa shape index (κ3) is 8.17. The first-order valence-corrected chi connectivity index (χ1v) is 14.0. The Hall–Kier alpha value is 0.839. The zero-order valence-electron chi connectivity index (χ0n) is 13.5. The van der Waals surface area contributed by atoms with Crippen LogP contribution >= 0.6 is 44.8 Å². The summed E-state index contributed by atoms with van der Waals surface area (Å²) in [6.45, 7) is 8.39. The molecule has 2 rings (SSSR count). The number of rotatable bonds is 4. The van der Waals surface area contributed by atoms with Crippen molar-refractivity contribution in [2.24, 2.45) is 0 Å². The normalized spacial score (nSPS) is 22.0. The third-order valence-electron chi connectivity index (χ3n) is 3.72. The molecule has 2 saturated heterocycles. The molecule has 0 atom stereocenters. The Morgan fingerprint density at radius 3 is 1.43 bits per heavy atom. The van der Waals surface area contributed by atoms with E-state index in [4.69, 9.17) is 24.4 Å². The van der Waals surface area contributed by atoms with Crippen molar-refractivity contribution in [2.75, 3.05) is 66.5 Å². The van der Waals surface area contributed by atoms with Gasteiger partial charge >= 0.3 is 163 Å². The molecular weight excluding hydrogens is 435 g/mol. The van der Waals surface area contributed by atoms with E-state index in [9.17, 15) is 0 Å². The quantitative estimate of drug-likeness (QED) is 0.445. The molecule has 0 saturated carbocycles. The van der Waals surface area contributed by atoms with Crippen molar-refractivity contribution < 1.29 is 0 Å². The molecule has 2 N–H and O–H groups in total. The summed E-state index contributed by atoms with van der Waals surface area (Å²) in [7, 11) is 7.70. The molecule has 0 bridgehead atoms. The van der Waals surface area contributed by atoms with Gasteiger partial charge in [0.15, 0.2) is 0 Å². The summed E-state index contributed by atoms with van der Waals surface area (Å²) in [5.74, 6) is 0. The molecule has 2 fully saturated rings. The van der Waals surface area contributed by atoms with Gasteiger partial charge in [0.25, 0.3) is 0 Å². The van der Waals surface area contributed by atoms with Crippen molar-refractivity contribution in [1.82, 2.24) is 30.7 Å². The van der Waals surface area contributed by atoms with Crippen LogP contribution in [0, 0.1) is 0 Å². The Bertz CT molecular complexity index is 363. The van der Waals surface area contributed by atoms with Gasteiger partial charge in [-0.15, -0.1) is 0 Å². The molecule has 2 aliphatic heterocycles. The molecule has 0 radical (unpaired) electrons. The maximum absolute atomic E-state index is 5.41. The van der Waals surface area contributed by atoms with Gasteiger partial charge in [0.1, 0.15) is 0 Å². The van der Waals surface area contributed by atoms with E-state index in [-0.39, 0.29) is 12.7 Å². The van der Waals surface area contributed by atoms with Crippen LogP contribution in [0.1, 0.15) is 0 Å². The molecule has 23 heavy (non-hydrogen) atoms. The fourth-order valence-corrected chi connectivity index (χ4v) is 9.48. The molecule has 0 amide bonds. The Morgan fingerprint density at radius 1 is 0.739 bits per heavy atom. The first-order valence-electron chi connectivity index (χ1n) is 7.52. The summed E-state index contributed by atoms with van der Waals surface area (Å²) in [6, 6.07) is 0. The van der Waals surface area contributed by atoms with Crippen LogP contribution in [-0.4, -0.2) is 108 Å². The Morgan fingerprint density at radius 2 is 1.09 bits per heavy atom. The van der Waals surface area contributed by atoms with Gasteiger partial charge in [-0.25, -0.2) is 0 Å². The van der Waals surface area contributed by atoms with Crippen LogP contribution < -0.4 is 10.9 Å². The van der Waals surface area contributed by atoms with E-state index in [0.717, 1.165) is 61.0 Å². The maximum atomic E-state index is 5.41. The van der Waals surface area contributed by atoms with Crippen molar-refractivity contribution >= 4 is 66.2 Å². The molecule has 0 spiro atoms. The van der Waals surface area contributed by atoms with Crippen molar-refractivity contribution in [2.45, 2.75) is 0 Å². The van der Waals surface area contributed by atoms with Crippen LogP contribution in [0.15, 0.2) is 0 Å². The predicted molar refractivity (Wildman–Crippen MR) is 111 cm³/mol. The van der Waals surface area contributed by atoms with Crippen LogP contribution in [0.3, 0.4) is 0 Å². The van der Waals surface area contributed by atoms with Crippen molar-refractivity contribution in [1.29, 1.82) is 0 Å². The first kappa shape index (κ1) is 20.2. The minimum absolute atomic E-state index is 0.257. The summed E-state index contributed by atoms with van der Waals surface area (Å²) in [4.78, 5) is 4.66.